The summed E-state index contributed by atoms with van der Waals surface area (Å²) in [5.41, 5.74) is 4.67. The Kier molecular flexibility index (Phi) is 6.25. The largest absolute Gasteiger partial charge is 0.312 e. The average Bonchev–Trinajstić information content (AvgIpc) is 2.48. The van der Waals surface area contributed by atoms with Gasteiger partial charge in [-0.15, -0.1) is 0 Å². The molecular formula is C19H32N2. The second-order valence-corrected chi connectivity index (χ2v) is 6.78. The molecule has 118 valence electrons. The number of nitrogens with zero attached hydrogens (tertiary/aromatic N) is 1. The first-order valence-electron chi connectivity index (χ1n) is 8.70. The number of hydrogen-bond donors (Lipinski definition) is 1. The molecule has 1 aliphatic rings. The molecule has 2 heteroatoms. The quantitative estimate of drug-likeness (QED) is 0.816. The minimum absolute atomic E-state index is 0.713. The summed E-state index contributed by atoms with van der Waals surface area (Å²) in [6, 6.07) is 7.58. The number of fused-ring (bicyclic) bond motifs is 1. The van der Waals surface area contributed by atoms with Crippen molar-refractivity contribution in [2.45, 2.75) is 66.1 Å². The third-order valence-electron chi connectivity index (χ3n) is 4.67. The Bertz CT molecular complexity index is 435. The van der Waals surface area contributed by atoms with Crippen LogP contribution in [0.4, 0.5) is 0 Å². The number of hydrogen-bond acceptors (Lipinski definition) is 2. The van der Waals surface area contributed by atoms with E-state index in [0.717, 1.165) is 25.6 Å². The zero-order chi connectivity index (χ0) is 15.2. The Hall–Kier alpha value is -0.860. The minimum Gasteiger partial charge on any atom is -0.312 e. The zero-order valence-electron chi connectivity index (χ0n) is 14.3. The molecule has 0 saturated heterocycles. The predicted molar refractivity (Wildman–Crippen MR) is 91.5 cm³/mol. The number of benzene rings is 1. The van der Waals surface area contributed by atoms with Crippen molar-refractivity contribution in [3.63, 3.8) is 0 Å². The molecule has 21 heavy (non-hydrogen) atoms. The van der Waals surface area contributed by atoms with Crippen LogP contribution in [0.15, 0.2) is 18.2 Å². The van der Waals surface area contributed by atoms with E-state index >= 15 is 0 Å². The third-order valence-corrected chi connectivity index (χ3v) is 4.67. The van der Waals surface area contributed by atoms with Gasteiger partial charge in [-0.25, -0.2) is 0 Å². The van der Waals surface area contributed by atoms with Gasteiger partial charge in [0.05, 0.1) is 0 Å². The van der Waals surface area contributed by atoms with Gasteiger partial charge in [0.15, 0.2) is 0 Å². The van der Waals surface area contributed by atoms with Gasteiger partial charge in [-0.2, -0.15) is 0 Å². The summed E-state index contributed by atoms with van der Waals surface area (Å²) in [7, 11) is 0. The van der Waals surface area contributed by atoms with Crippen LogP contribution in [-0.2, 0) is 19.5 Å². The highest BCUT2D eigenvalue weighted by molar-refractivity contribution is 5.37. The predicted octanol–water partition coefficient (Wildman–Crippen LogP) is 3.98. The molecule has 1 aromatic carbocycles. The van der Waals surface area contributed by atoms with Crippen LogP contribution in [0.5, 0.6) is 0 Å². The Morgan fingerprint density at radius 3 is 2.62 bits per heavy atom. The van der Waals surface area contributed by atoms with Crippen LogP contribution in [0.3, 0.4) is 0 Å². The lowest BCUT2D eigenvalue weighted by Crippen LogP contribution is -2.37. The van der Waals surface area contributed by atoms with Crippen molar-refractivity contribution in [2.75, 3.05) is 13.1 Å². The lowest BCUT2D eigenvalue weighted by molar-refractivity contribution is 0.157. The molecule has 0 bridgehead atoms. The highest BCUT2D eigenvalue weighted by atomic mass is 15.2. The highest BCUT2D eigenvalue weighted by Gasteiger charge is 2.19. The molecule has 2 nitrogen and oxygen atoms in total. The van der Waals surface area contributed by atoms with E-state index in [0.29, 0.717) is 6.04 Å². The molecule has 0 fully saturated rings. The Morgan fingerprint density at radius 1 is 1.19 bits per heavy atom. The molecule has 1 heterocycles. The number of rotatable bonds is 7. The Labute approximate surface area is 130 Å². The van der Waals surface area contributed by atoms with Crippen LogP contribution in [-0.4, -0.2) is 24.0 Å². The summed E-state index contributed by atoms with van der Waals surface area (Å²) in [5, 5.41) is 3.49. The molecule has 0 saturated carbocycles. The molecule has 0 spiro atoms. The maximum absolute atomic E-state index is 3.49. The van der Waals surface area contributed by atoms with Crippen LogP contribution in [0, 0.1) is 5.92 Å². The average molecular weight is 288 g/mol. The summed E-state index contributed by atoms with van der Waals surface area (Å²) >= 11 is 0. The lowest BCUT2D eigenvalue weighted by atomic mass is 9.94. The van der Waals surface area contributed by atoms with Crippen molar-refractivity contribution in [3.8, 4) is 0 Å². The molecule has 1 aromatic rings. The van der Waals surface area contributed by atoms with E-state index in [1.165, 1.54) is 31.4 Å². The maximum atomic E-state index is 3.49. The van der Waals surface area contributed by atoms with Gasteiger partial charge in [0.25, 0.3) is 0 Å². The van der Waals surface area contributed by atoms with Crippen molar-refractivity contribution in [3.05, 3.63) is 34.9 Å². The topological polar surface area (TPSA) is 15.3 Å². The molecule has 1 aliphatic heterocycles. The van der Waals surface area contributed by atoms with Crippen LogP contribution in [0.25, 0.3) is 0 Å². The normalized spacial score (nSPS) is 15.0. The molecule has 0 amide bonds. The lowest BCUT2D eigenvalue weighted by Gasteiger charge is -2.33. The smallest absolute Gasteiger partial charge is 0.0239 e. The van der Waals surface area contributed by atoms with Crippen LogP contribution in [0.2, 0.25) is 0 Å². The van der Waals surface area contributed by atoms with E-state index in [9.17, 15) is 0 Å². The van der Waals surface area contributed by atoms with Crippen molar-refractivity contribution in [1.29, 1.82) is 0 Å². The molecule has 0 aliphatic carbocycles. The van der Waals surface area contributed by atoms with E-state index in [1.54, 1.807) is 11.1 Å². The Morgan fingerprint density at radius 2 is 1.95 bits per heavy atom. The summed E-state index contributed by atoms with van der Waals surface area (Å²) < 4.78 is 0. The maximum Gasteiger partial charge on any atom is 0.0239 e. The fourth-order valence-electron chi connectivity index (χ4n) is 3.59. The van der Waals surface area contributed by atoms with Gasteiger partial charge in [-0.3, -0.25) is 4.90 Å². The van der Waals surface area contributed by atoms with Crippen molar-refractivity contribution in [1.82, 2.24) is 10.2 Å². The first-order chi connectivity index (χ1) is 10.2. The monoisotopic (exact) mass is 288 g/mol. The van der Waals surface area contributed by atoms with E-state index in [-0.39, 0.29) is 0 Å². The second-order valence-electron chi connectivity index (χ2n) is 6.78. The summed E-state index contributed by atoms with van der Waals surface area (Å²) in [4.78, 5) is 2.71. The van der Waals surface area contributed by atoms with Crippen molar-refractivity contribution < 1.29 is 0 Å². The molecule has 0 radical (unpaired) electrons. The first-order valence-corrected chi connectivity index (χ1v) is 8.70. The van der Waals surface area contributed by atoms with Crippen molar-refractivity contribution in [2.24, 2.45) is 5.92 Å². The first kappa shape index (κ1) is 16.5. The second kappa shape index (κ2) is 7.95. The summed E-state index contributed by atoms with van der Waals surface area (Å²) in [5.74, 6) is 0.729. The van der Waals surface area contributed by atoms with Gasteiger partial charge in [0.1, 0.15) is 0 Å². The van der Waals surface area contributed by atoms with E-state index in [2.05, 4.69) is 56.1 Å². The van der Waals surface area contributed by atoms with E-state index in [4.69, 9.17) is 0 Å². The summed E-state index contributed by atoms with van der Waals surface area (Å²) in [6.07, 6.45) is 3.68. The molecular weight excluding hydrogens is 256 g/mol. The van der Waals surface area contributed by atoms with Gasteiger partial charge in [0, 0.05) is 25.7 Å². The molecule has 0 aromatic heterocycles. The fourth-order valence-corrected chi connectivity index (χ4v) is 3.59. The summed E-state index contributed by atoms with van der Waals surface area (Å²) in [6.45, 7) is 13.8. The third kappa shape index (κ3) is 4.31. The molecule has 0 atom stereocenters. The van der Waals surface area contributed by atoms with Crippen LogP contribution < -0.4 is 5.32 Å². The minimum atomic E-state index is 0.713. The van der Waals surface area contributed by atoms with Gasteiger partial charge in [-0.1, -0.05) is 45.9 Å². The van der Waals surface area contributed by atoms with E-state index in [1.807, 2.05) is 0 Å². The highest BCUT2D eigenvalue weighted by Crippen LogP contribution is 2.22. The standard InChI is InChI=1S/C19H32N2/c1-5-18(6-2)21(13-15(3)4)14-17-9-7-8-16-12-20-11-10-19(16)17/h7-9,15,18,20H,5-6,10-14H2,1-4H3. The van der Waals surface area contributed by atoms with Crippen LogP contribution >= 0.6 is 0 Å². The van der Waals surface area contributed by atoms with Crippen LogP contribution in [0.1, 0.15) is 57.2 Å². The zero-order valence-corrected chi connectivity index (χ0v) is 14.3. The van der Waals surface area contributed by atoms with Gasteiger partial charge >= 0.3 is 0 Å². The van der Waals surface area contributed by atoms with E-state index < -0.39 is 0 Å². The molecule has 2 rings (SSSR count). The van der Waals surface area contributed by atoms with Gasteiger partial charge in [0.2, 0.25) is 0 Å². The Balaban J connectivity index is 2.19. The van der Waals surface area contributed by atoms with Gasteiger partial charge < -0.3 is 5.32 Å². The number of nitrogens with one attached hydrogen (secondary N) is 1. The van der Waals surface area contributed by atoms with Crippen molar-refractivity contribution >= 4 is 0 Å². The molecule has 0 unspecified atom stereocenters. The van der Waals surface area contributed by atoms with Gasteiger partial charge in [-0.05, 0) is 48.4 Å². The molecule has 1 N–H and O–H groups in total. The fraction of sp³-hybridized carbons (Fsp3) is 0.684. The SMILES string of the molecule is CCC(CC)N(Cc1cccc2c1CCNC2)CC(C)C.